The molecule has 0 bridgehead atoms. The van der Waals surface area contributed by atoms with Crippen LogP contribution in [0.4, 0.5) is 0 Å². The summed E-state index contributed by atoms with van der Waals surface area (Å²) < 4.78 is 0. The van der Waals surface area contributed by atoms with Crippen molar-refractivity contribution in [2.45, 2.75) is 20.8 Å². The molecule has 0 saturated carbocycles. The fraction of sp³-hybridized carbons (Fsp3) is 0.300. The van der Waals surface area contributed by atoms with Gasteiger partial charge in [0.2, 0.25) is 0 Å². The third kappa shape index (κ3) is 1.48. The molecule has 12 heavy (non-hydrogen) atoms. The number of carbonyl (C=O) groups is 1. The first-order chi connectivity index (χ1) is 5.54. The molecule has 0 unspecified atom stereocenters. The monoisotopic (exact) mass is 180 g/mol. The van der Waals surface area contributed by atoms with Crippen molar-refractivity contribution in [3.05, 3.63) is 28.0 Å². The van der Waals surface area contributed by atoms with Gasteiger partial charge >= 0.3 is 0 Å². The average Bonchev–Trinajstić information content (AvgIpc) is 2.30. The van der Waals surface area contributed by atoms with Crippen LogP contribution in [0.15, 0.2) is 12.0 Å². The zero-order valence-electron chi connectivity index (χ0n) is 7.60. The van der Waals surface area contributed by atoms with Gasteiger partial charge in [0.25, 0.3) is 0 Å². The Kier molecular flexibility index (Phi) is 2.48. The zero-order chi connectivity index (χ0) is 9.30. The maximum Gasteiger partial charge on any atom is 0.161 e. The summed E-state index contributed by atoms with van der Waals surface area (Å²) in [5.74, 6) is 0.123. The number of rotatable bonds is 2. The second-order valence-corrected chi connectivity index (χ2v) is 4.00. The highest BCUT2D eigenvalue weighted by atomic mass is 32.1. The van der Waals surface area contributed by atoms with Crippen LogP contribution >= 0.6 is 11.3 Å². The molecule has 2 heteroatoms. The van der Waals surface area contributed by atoms with Gasteiger partial charge in [0.15, 0.2) is 5.78 Å². The molecule has 0 spiro atoms. The highest BCUT2D eigenvalue weighted by molar-refractivity contribution is 7.10. The van der Waals surface area contributed by atoms with Gasteiger partial charge < -0.3 is 0 Å². The summed E-state index contributed by atoms with van der Waals surface area (Å²) in [5.41, 5.74) is 2.82. The SMILES string of the molecule is C=C(C)c1c(C(C)=O)csc1C. The molecular formula is C10H12OS. The first-order valence-electron chi connectivity index (χ1n) is 3.79. The van der Waals surface area contributed by atoms with Crippen LogP contribution < -0.4 is 0 Å². The molecule has 0 aliphatic rings. The smallest absolute Gasteiger partial charge is 0.161 e. The molecule has 0 aliphatic heterocycles. The molecule has 0 amide bonds. The van der Waals surface area contributed by atoms with Crippen molar-refractivity contribution in [1.29, 1.82) is 0 Å². The minimum atomic E-state index is 0.123. The fourth-order valence-corrected chi connectivity index (χ4v) is 2.22. The van der Waals surface area contributed by atoms with E-state index >= 15 is 0 Å². The van der Waals surface area contributed by atoms with Gasteiger partial charge in [-0.15, -0.1) is 11.3 Å². The summed E-state index contributed by atoms with van der Waals surface area (Å²) in [4.78, 5) is 12.3. The van der Waals surface area contributed by atoms with Gasteiger partial charge in [-0.1, -0.05) is 6.58 Å². The lowest BCUT2D eigenvalue weighted by Crippen LogP contribution is -1.94. The van der Waals surface area contributed by atoms with Crippen molar-refractivity contribution < 1.29 is 4.79 Å². The van der Waals surface area contributed by atoms with E-state index in [0.717, 1.165) is 16.7 Å². The Bertz CT molecular complexity index is 334. The van der Waals surface area contributed by atoms with Crippen molar-refractivity contribution in [3.63, 3.8) is 0 Å². The molecule has 0 radical (unpaired) electrons. The summed E-state index contributed by atoms with van der Waals surface area (Å²) in [6.45, 7) is 9.39. The Hall–Kier alpha value is -0.890. The van der Waals surface area contributed by atoms with Gasteiger partial charge in [-0.2, -0.15) is 0 Å². The standard InChI is InChI=1S/C10H12OS/c1-6(2)10-8(4)12-5-9(10)7(3)11/h5H,1H2,2-4H3. The van der Waals surface area contributed by atoms with Crippen LogP contribution in [0.5, 0.6) is 0 Å². The topological polar surface area (TPSA) is 17.1 Å². The molecule has 0 N–H and O–H groups in total. The predicted molar refractivity (Wildman–Crippen MR) is 53.8 cm³/mol. The molecule has 0 aromatic carbocycles. The van der Waals surface area contributed by atoms with Gasteiger partial charge in [-0.25, -0.2) is 0 Å². The summed E-state index contributed by atoms with van der Waals surface area (Å²) in [5, 5.41) is 1.90. The fourth-order valence-electron chi connectivity index (χ4n) is 1.24. The number of ketones is 1. The molecule has 1 rings (SSSR count). The lowest BCUT2D eigenvalue weighted by molar-refractivity contribution is 0.101. The van der Waals surface area contributed by atoms with Crippen molar-refractivity contribution in [3.8, 4) is 0 Å². The molecule has 1 heterocycles. The van der Waals surface area contributed by atoms with Crippen LogP contribution in [0.25, 0.3) is 5.57 Å². The van der Waals surface area contributed by atoms with E-state index < -0.39 is 0 Å². The van der Waals surface area contributed by atoms with E-state index in [1.807, 2.05) is 19.2 Å². The van der Waals surface area contributed by atoms with Crippen molar-refractivity contribution in [1.82, 2.24) is 0 Å². The molecule has 1 nitrogen and oxygen atoms in total. The third-order valence-electron chi connectivity index (χ3n) is 1.78. The van der Waals surface area contributed by atoms with E-state index in [1.54, 1.807) is 18.3 Å². The van der Waals surface area contributed by atoms with Crippen molar-refractivity contribution in [2.24, 2.45) is 0 Å². The van der Waals surface area contributed by atoms with Crippen molar-refractivity contribution in [2.75, 3.05) is 0 Å². The van der Waals surface area contributed by atoms with Gasteiger partial charge in [0, 0.05) is 21.4 Å². The normalized spacial score (nSPS) is 9.92. The van der Waals surface area contributed by atoms with Crippen LogP contribution in [0.1, 0.15) is 34.6 Å². The Morgan fingerprint density at radius 1 is 1.50 bits per heavy atom. The first-order valence-corrected chi connectivity index (χ1v) is 4.67. The second kappa shape index (κ2) is 3.23. The molecule has 0 saturated heterocycles. The highest BCUT2D eigenvalue weighted by Crippen LogP contribution is 2.27. The quantitative estimate of drug-likeness (QED) is 0.638. The number of hydrogen-bond donors (Lipinski definition) is 0. The molecule has 0 fully saturated rings. The Labute approximate surface area is 76.7 Å². The summed E-state index contributed by atoms with van der Waals surface area (Å²) >= 11 is 1.61. The Morgan fingerprint density at radius 3 is 2.42 bits per heavy atom. The lowest BCUT2D eigenvalue weighted by Gasteiger charge is -2.00. The van der Waals surface area contributed by atoms with E-state index in [4.69, 9.17) is 0 Å². The van der Waals surface area contributed by atoms with Crippen LogP contribution in [-0.2, 0) is 0 Å². The summed E-state index contributed by atoms with van der Waals surface area (Å²) in [6.07, 6.45) is 0. The molecule has 64 valence electrons. The number of aryl methyl sites for hydroxylation is 1. The number of carbonyl (C=O) groups excluding carboxylic acids is 1. The van der Waals surface area contributed by atoms with Crippen LogP contribution in [0.3, 0.4) is 0 Å². The number of allylic oxidation sites excluding steroid dienone is 1. The van der Waals surface area contributed by atoms with Gasteiger partial charge in [-0.05, 0) is 26.3 Å². The van der Waals surface area contributed by atoms with Crippen LogP contribution in [-0.4, -0.2) is 5.78 Å². The maximum absolute atomic E-state index is 11.1. The second-order valence-electron chi connectivity index (χ2n) is 2.92. The van der Waals surface area contributed by atoms with Crippen LogP contribution in [0, 0.1) is 6.92 Å². The molecule has 0 aliphatic carbocycles. The average molecular weight is 180 g/mol. The van der Waals surface area contributed by atoms with Gasteiger partial charge in [0.05, 0.1) is 0 Å². The van der Waals surface area contributed by atoms with E-state index in [0.29, 0.717) is 0 Å². The number of Topliss-reactive ketones (excluding diaryl/α,β-unsaturated/α-hetero) is 1. The van der Waals surface area contributed by atoms with Crippen molar-refractivity contribution >= 4 is 22.7 Å². The molecular weight excluding hydrogens is 168 g/mol. The lowest BCUT2D eigenvalue weighted by atomic mass is 10.0. The van der Waals surface area contributed by atoms with Gasteiger partial charge in [-0.3, -0.25) is 4.79 Å². The zero-order valence-corrected chi connectivity index (χ0v) is 8.42. The molecule has 1 aromatic rings. The van der Waals surface area contributed by atoms with Crippen LogP contribution in [0.2, 0.25) is 0 Å². The summed E-state index contributed by atoms with van der Waals surface area (Å²) in [6, 6.07) is 0. The van der Waals surface area contributed by atoms with Gasteiger partial charge in [0.1, 0.15) is 0 Å². The van der Waals surface area contributed by atoms with E-state index in [2.05, 4.69) is 6.58 Å². The highest BCUT2D eigenvalue weighted by Gasteiger charge is 2.11. The first kappa shape index (κ1) is 9.20. The van der Waals surface area contributed by atoms with E-state index in [-0.39, 0.29) is 5.78 Å². The Morgan fingerprint density at radius 2 is 2.08 bits per heavy atom. The molecule has 0 atom stereocenters. The maximum atomic E-state index is 11.1. The number of thiophene rings is 1. The Balaban J connectivity index is 3.31. The molecule has 1 aromatic heterocycles. The minimum absolute atomic E-state index is 0.123. The third-order valence-corrected chi connectivity index (χ3v) is 2.69. The predicted octanol–water partition coefficient (Wildman–Crippen LogP) is 3.29. The van der Waals surface area contributed by atoms with E-state index in [1.165, 1.54) is 4.88 Å². The number of hydrogen-bond acceptors (Lipinski definition) is 2. The van der Waals surface area contributed by atoms with E-state index in [9.17, 15) is 4.79 Å². The minimum Gasteiger partial charge on any atom is -0.294 e. The largest absolute Gasteiger partial charge is 0.294 e. The summed E-state index contributed by atoms with van der Waals surface area (Å²) in [7, 11) is 0.